The van der Waals surface area contributed by atoms with Crippen molar-refractivity contribution in [3.8, 4) is 23.3 Å². The molecule has 4 rings (SSSR count). The van der Waals surface area contributed by atoms with Crippen molar-refractivity contribution in [3.63, 3.8) is 0 Å². The zero-order valence-electron chi connectivity index (χ0n) is 21.3. The van der Waals surface area contributed by atoms with Crippen LogP contribution in [0.4, 0.5) is 5.69 Å². The minimum Gasteiger partial charge on any atom is -0.497 e. The number of aromatic amines is 1. The van der Waals surface area contributed by atoms with Gasteiger partial charge in [-0.25, -0.2) is 0 Å². The fourth-order valence-electron chi connectivity index (χ4n) is 4.61. The number of allylic oxidation sites excluding steroid dienone is 1. The van der Waals surface area contributed by atoms with Gasteiger partial charge in [0.05, 0.1) is 50.1 Å². The third-order valence-electron chi connectivity index (χ3n) is 6.47. The van der Waals surface area contributed by atoms with Crippen molar-refractivity contribution in [1.29, 1.82) is 5.26 Å². The number of carbonyl (C=O) groups excluding carboxylic acids is 1. The van der Waals surface area contributed by atoms with E-state index >= 15 is 0 Å². The van der Waals surface area contributed by atoms with Crippen molar-refractivity contribution >= 4 is 11.6 Å². The van der Waals surface area contributed by atoms with Gasteiger partial charge in [-0.1, -0.05) is 6.07 Å². The van der Waals surface area contributed by atoms with Gasteiger partial charge in [-0.3, -0.25) is 9.59 Å². The minimum absolute atomic E-state index is 0.192. The van der Waals surface area contributed by atoms with Crippen LogP contribution in [0.3, 0.4) is 0 Å². The number of hydrogen-bond acceptors (Lipinski definition) is 7. The number of methoxy groups -OCH3 is 3. The van der Waals surface area contributed by atoms with Crippen LogP contribution in [0, 0.1) is 18.3 Å². The van der Waals surface area contributed by atoms with Crippen LogP contribution in [0.1, 0.15) is 40.7 Å². The SMILES string of the molecule is COc1ccc(CNC(=O)C2=C(C)Nc3c(C)c[nH]c(=O)c3C2c2ccc(C#N)cc2OC)c(OC)c1. The van der Waals surface area contributed by atoms with Crippen LogP contribution < -0.4 is 30.4 Å². The molecule has 1 aromatic heterocycles. The number of pyridine rings is 1. The Balaban J connectivity index is 1.80. The molecule has 190 valence electrons. The van der Waals surface area contributed by atoms with E-state index in [0.29, 0.717) is 50.9 Å². The van der Waals surface area contributed by atoms with Crippen molar-refractivity contribution in [2.24, 2.45) is 0 Å². The molecule has 3 aromatic rings. The Morgan fingerprint density at radius 1 is 1.05 bits per heavy atom. The number of anilines is 1. The summed E-state index contributed by atoms with van der Waals surface area (Å²) in [5.74, 6) is 0.537. The van der Waals surface area contributed by atoms with Crippen LogP contribution in [0.5, 0.6) is 17.2 Å². The molecule has 0 spiro atoms. The first-order valence-corrected chi connectivity index (χ1v) is 11.6. The Kier molecular flexibility index (Phi) is 7.20. The lowest BCUT2D eigenvalue weighted by Gasteiger charge is -2.31. The molecule has 1 atom stereocenters. The summed E-state index contributed by atoms with van der Waals surface area (Å²) in [5.41, 5.74) is 4.31. The highest BCUT2D eigenvalue weighted by atomic mass is 16.5. The number of amides is 1. The summed E-state index contributed by atoms with van der Waals surface area (Å²) >= 11 is 0. The molecule has 37 heavy (non-hydrogen) atoms. The first-order chi connectivity index (χ1) is 17.8. The van der Waals surface area contributed by atoms with Gasteiger partial charge in [0.15, 0.2) is 0 Å². The predicted octanol–water partition coefficient (Wildman–Crippen LogP) is 3.73. The second kappa shape index (κ2) is 10.5. The largest absolute Gasteiger partial charge is 0.497 e. The van der Waals surface area contributed by atoms with E-state index < -0.39 is 5.92 Å². The molecule has 0 aliphatic carbocycles. The number of nitriles is 1. The maximum absolute atomic E-state index is 13.7. The van der Waals surface area contributed by atoms with Crippen molar-refractivity contribution in [3.05, 3.63) is 92.0 Å². The molecule has 0 saturated heterocycles. The van der Waals surface area contributed by atoms with Crippen molar-refractivity contribution < 1.29 is 19.0 Å². The number of fused-ring (bicyclic) bond motifs is 1. The summed E-state index contributed by atoms with van der Waals surface area (Å²) in [6.45, 7) is 3.87. The quantitative estimate of drug-likeness (QED) is 0.451. The number of carbonyl (C=O) groups is 1. The fourth-order valence-corrected chi connectivity index (χ4v) is 4.61. The Morgan fingerprint density at radius 2 is 1.81 bits per heavy atom. The van der Waals surface area contributed by atoms with E-state index in [0.717, 1.165) is 11.1 Å². The lowest BCUT2D eigenvalue weighted by molar-refractivity contribution is -0.117. The summed E-state index contributed by atoms with van der Waals surface area (Å²) in [4.78, 5) is 29.7. The summed E-state index contributed by atoms with van der Waals surface area (Å²) in [6.07, 6.45) is 1.63. The molecule has 1 unspecified atom stereocenters. The minimum atomic E-state index is -0.736. The summed E-state index contributed by atoms with van der Waals surface area (Å²) in [6, 6.07) is 12.4. The van der Waals surface area contributed by atoms with Gasteiger partial charge in [0.2, 0.25) is 5.91 Å². The van der Waals surface area contributed by atoms with Gasteiger partial charge in [0.1, 0.15) is 17.2 Å². The highest BCUT2D eigenvalue weighted by Crippen LogP contribution is 2.44. The van der Waals surface area contributed by atoms with Gasteiger partial charge in [0.25, 0.3) is 5.56 Å². The number of aromatic nitrogens is 1. The number of hydrogen-bond donors (Lipinski definition) is 3. The number of rotatable bonds is 7. The maximum atomic E-state index is 13.7. The van der Waals surface area contributed by atoms with Crippen molar-refractivity contribution in [1.82, 2.24) is 10.3 Å². The lowest BCUT2D eigenvalue weighted by Crippen LogP contribution is -2.35. The average Bonchev–Trinajstić information content (AvgIpc) is 2.92. The second-order valence-corrected chi connectivity index (χ2v) is 8.62. The first-order valence-electron chi connectivity index (χ1n) is 11.6. The van der Waals surface area contributed by atoms with Crippen molar-refractivity contribution in [2.45, 2.75) is 26.3 Å². The summed E-state index contributed by atoms with van der Waals surface area (Å²) < 4.78 is 16.3. The van der Waals surface area contributed by atoms with Crippen LogP contribution in [0.25, 0.3) is 0 Å². The maximum Gasteiger partial charge on any atom is 0.254 e. The van der Waals surface area contributed by atoms with Gasteiger partial charge in [0, 0.05) is 41.2 Å². The van der Waals surface area contributed by atoms with Crippen LogP contribution in [-0.4, -0.2) is 32.2 Å². The zero-order chi connectivity index (χ0) is 26.7. The highest BCUT2D eigenvalue weighted by Gasteiger charge is 2.36. The van der Waals surface area contributed by atoms with E-state index in [9.17, 15) is 14.9 Å². The van der Waals surface area contributed by atoms with Crippen LogP contribution in [0.2, 0.25) is 0 Å². The molecule has 3 N–H and O–H groups in total. The third kappa shape index (κ3) is 4.74. The van der Waals surface area contributed by atoms with E-state index in [4.69, 9.17) is 14.2 Å². The Hall–Kier alpha value is -4.71. The normalized spacial score (nSPS) is 14.2. The zero-order valence-corrected chi connectivity index (χ0v) is 21.3. The number of ether oxygens (including phenoxy) is 3. The van der Waals surface area contributed by atoms with Gasteiger partial charge in [-0.05, 0) is 43.7 Å². The average molecular weight is 501 g/mol. The fraction of sp³-hybridized carbons (Fsp3) is 0.250. The van der Waals surface area contributed by atoms with Gasteiger partial charge < -0.3 is 29.8 Å². The first kappa shape index (κ1) is 25.4. The topological polar surface area (TPSA) is 125 Å². The van der Waals surface area contributed by atoms with Crippen molar-refractivity contribution in [2.75, 3.05) is 26.6 Å². The molecule has 9 heteroatoms. The Bertz CT molecular complexity index is 1500. The monoisotopic (exact) mass is 500 g/mol. The van der Waals surface area contributed by atoms with Crippen LogP contribution >= 0.6 is 0 Å². The molecule has 0 radical (unpaired) electrons. The molecule has 1 aliphatic rings. The van der Waals surface area contributed by atoms with Gasteiger partial charge in [-0.15, -0.1) is 0 Å². The molecular weight excluding hydrogens is 472 g/mol. The van der Waals surface area contributed by atoms with E-state index in [1.807, 2.05) is 13.0 Å². The molecule has 0 fully saturated rings. The number of aryl methyl sites for hydroxylation is 1. The van der Waals surface area contributed by atoms with Crippen LogP contribution in [-0.2, 0) is 11.3 Å². The highest BCUT2D eigenvalue weighted by molar-refractivity contribution is 5.99. The Labute approximate surface area is 214 Å². The van der Waals surface area contributed by atoms with E-state index in [2.05, 4.69) is 21.7 Å². The van der Waals surface area contributed by atoms with E-state index in [1.54, 1.807) is 57.7 Å². The molecule has 0 bridgehead atoms. The molecule has 9 nitrogen and oxygen atoms in total. The van der Waals surface area contributed by atoms with E-state index in [-0.39, 0.29) is 18.0 Å². The summed E-state index contributed by atoms with van der Waals surface area (Å²) in [5, 5.41) is 15.6. The lowest BCUT2D eigenvalue weighted by atomic mass is 9.79. The molecule has 2 heterocycles. The smallest absolute Gasteiger partial charge is 0.254 e. The molecule has 2 aromatic carbocycles. The summed E-state index contributed by atoms with van der Waals surface area (Å²) in [7, 11) is 4.62. The molecule has 1 amide bonds. The number of nitrogens with one attached hydrogen (secondary N) is 3. The van der Waals surface area contributed by atoms with Gasteiger partial charge in [-0.2, -0.15) is 5.26 Å². The molecular formula is C28H28N4O5. The van der Waals surface area contributed by atoms with Crippen LogP contribution in [0.15, 0.2) is 58.7 Å². The third-order valence-corrected chi connectivity index (χ3v) is 6.47. The number of nitrogens with zero attached hydrogens (tertiary/aromatic N) is 1. The number of H-pyrrole nitrogens is 1. The standard InChI is InChI=1S/C28H28N4O5/c1-15-13-30-28(34)25-24(20-9-6-17(12-29)10-22(20)37-5)23(16(2)32-26(15)25)27(33)31-14-18-7-8-19(35-3)11-21(18)36-4/h6-11,13,24,32H,14H2,1-5H3,(H,30,34)(H,31,33). The van der Waals surface area contributed by atoms with Gasteiger partial charge >= 0.3 is 0 Å². The Morgan fingerprint density at radius 3 is 2.49 bits per heavy atom. The number of benzene rings is 2. The molecule has 0 saturated carbocycles. The molecule has 1 aliphatic heterocycles. The van der Waals surface area contributed by atoms with E-state index in [1.165, 1.54) is 7.11 Å². The predicted molar refractivity (Wildman–Crippen MR) is 139 cm³/mol. The second-order valence-electron chi connectivity index (χ2n) is 8.62.